The lowest BCUT2D eigenvalue weighted by Gasteiger charge is -2.16. The van der Waals surface area contributed by atoms with E-state index in [4.69, 9.17) is 25.6 Å². The third-order valence-corrected chi connectivity index (χ3v) is 5.22. The molecule has 0 bridgehead atoms. The van der Waals surface area contributed by atoms with Gasteiger partial charge in [0.05, 0.1) is 12.8 Å². The van der Waals surface area contributed by atoms with Crippen LogP contribution in [0.1, 0.15) is 11.3 Å². The number of ether oxygens (including phenoxy) is 2. The van der Waals surface area contributed by atoms with E-state index in [-0.39, 0.29) is 0 Å². The Balaban J connectivity index is 1.67. The first-order chi connectivity index (χ1) is 13.5. The first-order valence-electron chi connectivity index (χ1n) is 8.33. The summed E-state index contributed by atoms with van der Waals surface area (Å²) in [6.45, 7) is 1.84. The molecule has 0 amide bonds. The molecule has 1 aromatic heterocycles. The van der Waals surface area contributed by atoms with Crippen LogP contribution in [0.2, 0.25) is 5.02 Å². The summed E-state index contributed by atoms with van der Waals surface area (Å²) in [5.41, 5.74) is 1.18. The second-order valence-corrected chi connectivity index (χ2v) is 7.41. The highest BCUT2D eigenvalue weighted by atomic mass is 35.5. The van der Waals surface area contributed by atoms with Crippen molar-refractivity contribution in [3.05, 3.63) is 64.8 Å². The van der Waals surface area contributed by atoms with Gasteiger partial charge in [0.15, 0.2) is 5.76 Å². The number of hydrogen-bond acceptors (Lipinski definition) is 6. The molecule has 0 aliphatic carbocycles. The highest BCUT2D eigenvalue weighted by Crippen LogP contribution is 2.29. The second-order valence-electron chi connectivity index (χ2n) is 5.92. The summed E-state index contributed by atoms with van der Waals surface area (Å²) in [4.78, 5) is 11.6. The number of hydrogen-bond donors (Lipinski definition) is 1. The number of methoxy groups -OCH3 is 1. The number of carboxylic acid groups (broad SMARTS) is 1. The van der Waals surface area contributed by atoms with E-state index in [2.05, 4.69) is 5.16 Å². The molecule has 1 atom stereocenters. The summed E-state index contributed by atoms with van der Waals surface area (Å²) in [7, 11) is 1.54. The van der Waals surface area contributed by atoms with Crippen molar-refractivity contribution in [3.8, 4) is 22.8 Å². The van der Waals surface area contributed by atoms with Gasteiger partial charge in [-0.15, -0.1) is 0 Å². The molecule has 0 aliphatic rings. The summed E-state index contributed by atoms with van der Waals surface area (Å²) in [5, 5.41) is 14.1. The van der Waals surface area contributed by atoms with Gasteiger partial charge in [-0.2, -0.15) is 0 Å². The van der Waals surface area contributed by atoms with Crippen LogP contribution in [-0.4, -0.2) is 28.8 Å². The third-order valence-electron chi connectivity index (χ3n) is 3.90. The van der Waals surface area contributed by atoms with E-state index in [0.29, 0.717) is 33.7 Å². The summed E-state index contributed by atoms with van der Waals surface area (Å²) in [6.07, 6.45) is 0. The molecule has 0 fully saturated rings. The minimum Gasteiger partial charge on any atom is -0.497 e. The predicted molar refractivity (Wildman–Crippen MR) is 108 cm³/mol. The molecule has 0 saturated heterocycles. The van der Waals surface area contributed by atoms with Crippen molar-refractivity contribution in [2.75, 3.05) is 7.11 Å². The van der Waals surface area contributed by atoms with Crippen LogP contribution in [0.3, 0.4) is 0 Å². The smallest absolute Gasteiger partial charge is 0.355 e. The first kappa shape index (κ1) is 20.1. The second kappa shape index (κ2) is 9.03. The van der Waals surface area contributed by atoms with Gasteiger partial charge in [0.25, 0.3) is 0 Å². The number of aryl methyl sites for hydroxylation is 1. The van der Waals surface area contributed by atoms with Gasteiger partial charge in [-0.05, 0) is 42.8 Å². The SMILES string of the molecule is COc1ccc(C)c(OC(SCc2cc(-c3ccc(Cl)cc3)on2)C(=O)O)c1. The van der Waals surface area contributed by atoms with E-state index in [1.807, 2.05) is 25.1 Å². The Morgan fingerprint density at radius 1 is 1.25 bits per heavy atom. The van der Waals surface area contributed by atoms with Crippen LogP contribution in [0.5, 0.6) is 11.5 Å². The maximum atomic E-state index is 11.6. The minimum absolute atomic E-state index is 0.317. The average Bonchev–Trinajstić information content (AvgIpc) is 3.15. The molecule has 1 unspecified atom stereocenters. The maximum Gasteiger partial charge on any atom is 0.355 e. The van der Waals surface area contributed by atoms with E-state index in [1.54, 1.807) is 37.4 Å². The Labute approximate surface area is 171 Å². The normalized spacial score (nSPS) is 11.8. The molecule has 28 heavy (non-hydrogen) atoms. The Morgan fingerprint density at radius 3 is 2.68 bits per heavy atom. The Hall–Kier alpha value is -2.64. The number of nitrogens with zero attached hydrogens (tertiary/aromatic N) is 1. The number of rotatable bonds is 8. The lowest BCUT2D eigenvalue weighted by molar-refractivity contribution is -0.140. The van der Waals surface area contributed by atoms with E-state index < -0.39 is 11.4 Å². The van der Waals surface area contributed by atoms with Gasteiger partial charge in [0.2, 0.25) is 5.44 Å². The fourth-order valence-electron chi connectivity index (χ4n) is 2.40. The Morgan fingerprint density at radius 2 is 2.00 bits per heavy atom. The van der Waals surface area contributed by atoms with Crippen LogP contribution in [0.15, 0.2) is 53.1 Å². The number of thioether (sulfide) groups is 1. The zero-order valence-electron chi connectivity index (χ0n) is 15.2. The van der Waals surface area contributed by atoms with Gasteiger partial charge in [-0.1, -0.05) is 34.6 Å². The molecule has 2 aromatic carbocycles. The van der Waals surface area contributed by atoms with E-state index in [0.717, 1.165) is 22.9 Å². The van der Waals surface area contributed by atoms with Gasteiger partial charge >= 0.3 is 5.97 Å². The third kappa shape index (κ3) is 4.99. The summed E-state index contributed by atoms with van der Waals surface area (Å²) in [6, 6.07) is 14.2. The Kier molecular flexibility index (Phi) is 6.49. The monoisotopic (exact) mass is 419 g/mol. The van der Waals surface area contributed by atoms with Crippen LogP contribution in [0.4, 0.5) is 0 Å². The van der Waals surface area contributed by atoms with Crippen LogP contribution in [-0.2, 0) is 10.5 Å². The molecule has 1 N–H and O–H groups in total. The molecule has 6 nitrogen and oxygen atoms in total. The van der Waals surface area contributed by atoms with Gasteiger partial charge in [0, 0.05) is 28.5 Å². The molecule has 146 valence electrons. The van der Waals surface area contributed by atoms with E-state index in [1.165, 1.54) is 0 Å². The van der Waals surface area contributed by atoms with Crippen LogP contribution >= 0.6 is 23.4 Å². The van der Waals surface area contributed by atoms with Crippen LogP contribution in [0, 0.1) is 6.92 Å². The molecule has 1 heterocycles. The molecule has 0 spiro atoms. The van der Waals surface area contributed by atoms with Gasteiger partial charge in [-0.3, -0.25) is 0 Å². The number of carbonyl (C=O) groups is 1. The topological polar surface area (TPSA) is 81.8 Å². The standard InChI is InChI=1S/C20H18ClNO5S/c1-12-3-8-16(25-2)10-17(12)26-20(19(23)24)28-11-15-9-18(27-22-15)13-4-6-14(21)7-5-13/h3-10,20H,11H2,1-2H3,(H,23,24). The predicted octanol–water partition coefficient (Wildman–Crippen LogP) is 5.03. The van der Waals surface area contributed by atoms with Crippen molar-refractivity contribution >= 4 is 29.3 Å². The van der Waals surface area contributed by atoms with Crippen LogP contribution in [0.25, 0.3) is 11.3 Å². The lowest BCUT2D eigenvalue weighted by Crippen LogP contribution is -2.24. The fraction of sp³-hybridized carbons (Fsp3) is 0.200. The fourth-order valence-corrected chi connectivity index (χ4v) is 3.29. The summed E-state index contributed by atoms with van der Waals surface area (Å²) >= 11 is 6.99. The van der Waals surface area contributed by atoms with Crippen molar-refractivity contribution in [2.45, 2.75) is 18.1 Å². The number of carboxylic acids is 1. The molecule has 0 saturated carbocycles. The molecular formula is C20H18ClNO5S. The molecule has 0 aliphatic heterocycles. The van der Waals surface area contributed by atoms with Crippen molar-refractivity contribution < 1.29 is 23.9 Å². The first-order valence-corrected chi connectivity index (χ1v) is 9.76. The summed E-state index contributed by atoms with van der Waals surface area (Å²) < 4.78 is 16.2. The van der Waals surface area contributed by atoms with Crippen molar-refractivity contribution in [1.29, 1.82) is 0 Å². The average molecular weight is 420 g/mol. The minimum atomic E-state index is -1.10. The zero-order valence-corrected chi connectivity index (χ0v) is 16.8. The number of aromatic nitrogens is 1. The number of aliphatic carboxylic acids is 1. The van der Waals surface area contributed by atoms with Crippen molar-refractivity contribution in [2.24, 2.45) is 0 Å². The van der Waals surface area contributed by atoms with Crippen molar-refractivity contribution in [3.63, 3.8) is 0 Å². The van der Waals surface area contributed by atoms with E-state index >= 15 is 0 Å². The molecule has 8 heteroatoms. The molecule has 0 radical (unpaired) electrons. The Bertz CT molecular complexity index is 957. The maximum absolute atomic E-state index is 11.6. The van der Waals surface area contributed by atoms with Crippen LogP contribution < -0.4 is 9.47 Å². The molecular weight excluding hydrogens is 402 g/mol. The lowest BCUT2D eigenvalue weighted by atomic mass is 10.2. The quantitative estimate of drug-likeness (QED) is 0.512. The van der Waals surface area contributed by atoms with Gasteiger partial charge in [-0.25, -0.2) is 4.79 Å². The number of halogens is 1. The highest BCUT2D eigenvalue weighted by molar-refractivity contribution is 7.99. The van der Waals surface area contributed by atoms with E-state index in [9.17, 15) is 9.90 Å². The molecule has 3 aromatic rings. The zero-order chi connectivity index (χ0) is 20.1. The van der Waals surface area contributed by atoms with Gasteiger partial charge < -0.3 is 19.1 Å². The highest BCUT2D eigenvalue weighted by Gasteiger charge is 2.22. The van der Waals surface area contributed by atoms with Crippen molar-refractivity contribution in [1.82, 2.24) is 5.16 Å². The number of benzene rings is 2. The van der Waals surface area contributed by atoms with Gasteiger partial charge in [0.1, 0.15) is 11.5 Å². The molecule has 3 rings (SSSR count). The summed E-state index contributed by atoms with van der Waals surface area (Å²) in [5.74, 6) is 0.884. The largest absolute Gasteiger partial charge is 0.497 e.